The van der Waals surface area contributed by atoms with Gasteiger partial charge in [-0.2, -0.15) is 0 Å². The molecule has 0 saturated heterocycles. The molecule has 0 radical (unpaired) electrons. The van der Waals surface area contributed by atoms with Crippen LogP contribution in [0.3, 0.4) is 0 Å². The Morgan fingerprint density at radius 1 is 1.40 bits per heavy atom. The number of ketones is 1. The first-order chi connectivity index (χ1) is 9.43. The molecular weight excluding hydrogens is 266 g/mol. The van der Waals surface area contributed by atoms with Crippen LogP contribution in [0.2, 0.25) is 0 Å². The minimum absolute atomic E-state index is 0.0627. The van der Waals surface area contributed by atoms with E-state index in [0.717, 1.165) is 0 Å². The van der Waals surface area contributed by atoms with Gasteiger partial charge in [-0.25, -0.2) is 0 Å². The van der Waals surface area contributed by atoms with Gasteiger partial charge in [0.1, 0.15) is 11.5 Å². The zero-order valence-electron chi connectivity index (χ0n) is 10.8. The number of carbonyl (C=O) groups excluding carboxylic acids is 2. The Bertz CT molecular complexity index is 607. The highest BCUT2D eigenvalue weighted by Gasteiger charge is 2.34. The summed E-state index contributed by atoms with van der Waals surface area (Å²) in [5.74, 6) is -2.26. The zero-order chi connectivity index (χ0) is 14.9. The highest BCUT2D eigenvalue weighted by atomic mass is 16.6. The van der Waals surface area contributed by atoms with Crippen LogP contribution in [0.4, 0.5) is 0 Å². The molecule has 1 aliphatic rings. The Balaban J connectivity index is 2.53. The number of hydrogen-bond donors (Lipinski definition) is 3. The molecule has 3 N–H and O–H groups in total. The summed E-state index contributed by atoms with van der Waals surface area (Å²) in [6.45, 7) is 1.19. The number of hydrogen-bond acceptors (Lipinski definition) is 6. The van der Waals surface area contributed by atoms with Gasteiger partial charge in [-0.15, -0.1) is 0 Å². The summed E-state index contributed by atoms with van der Waals surface area (Å²) in [4.78, 5) is 23.5. The van der Waals surface area contributed by atoms with Crippen LogP contribution < -0.4 is 14.8 Å². The van der Waals surface area contributed by atoms with Crippen LogP contribution in [0, 0.1) is 0 Å². The Morgan fingerprint density at radius 2 is 2.10 bits per heavy atom. The van der Waals surface area contributed by atoms with Crippen LogP contribution in [-0.2, 0) is 4.79 Å². The van der Waals surface area contributed by atoms with Crippen molar-refractivity contribution in [2.24, 2.45) is 0 Å². The molecular formula is C13H13NO6. The number of carbonyl (C=O) groups is 2. The smallest absolute Gasteiger partial charge is 0.324 e. The second-order valence-corrected chi connectivity index (χ2v) is 4.15. The first-order valence-corrected chi connectivity index (χ1v) is 5.73. The number of fused-ring (bicyclic) bond motifs is 1. The maximum atomic E-state index is 12.3. The molecule has 1 atom stereocenters. The second kappa shape index (κ2) is 5.12. The third kappa shape index (κ3) is 2.37. The lowest BCUT2D eigenvalue weighted by molar-refractivity contribution is -0.119. The summed E-state index contributed by atoms with van der Waals surface area (Å²) in [5.41, 5.74) is 0.0821. The maximum absolute atomic E-state index is 12.3. The predicted octanol–water partition coefficient (Wildman–Crippen LogP) is 1.06. The van der Waals surface area contributed by atoms with Gasteiger partial charge in [0.25, 0.3) is 0 Å². The first-order valence-electron chi connectivity index (χ1n) is 5.73. The normalized spacial score (nSPS) is 17.9. The number of methoxy groups -OCH3 is 1. The summed E-state index contributed by atoms with van der Waals surface area (Å²) >= 11 is 0. The van der Waals surface area contributed by atoms with Gasteiger partial charge in [-0.05, 0) is 18.2 Å². The highest BCUT2D eigenvalue weighted by molar-refractivity contribution is 6.06. The van der Waals surface area contributed by atoms with Crippen molar-refractivity contribution in [2.75, 3.05) is 7.11 Å². The third-order valence-electron chi connectivity index (χ3n) is 2.76. The predicted molar refractivity (Wildman–Crippen MR) is 67.8 cm³/mol. The van der Waals surface area contributed by atoms with Gasteiger partial charge < -0.3 is 25.0 Å². The molecule has 7 nitrogen and oxygen atoms in total. The lowest BCUT2D eigenvalue weighted by Gasteiger charge is -2.13. The first kappa shape index (κ1) is 13.7. The van der Waals surface area contributed by atoms with Crippen molar-refractivity contribution >= 4 is 11.7 Å². The van der Waals surface area contributed by atoms with Crippen molar-refractivity contribution in [3.63, 3.8) is 0 Å². The minimum Gasteiger partial charge on any atom is -0.504 e. The van der Waals surface area contributed by atoms with E-state index >= 15 is 0 Å². The van der Waals surface area contributed by atoms with Crippen molar-refractivity contribution in [3.8, 4) is 11.5 Å². The second-order valence-electron chi connectivity index (χ2n) is 4.15. The van der Waals surface area contributed by atoms with E-state index in [9.17, 15) is 19.8 Å². The van der Waals surface area contributed by atoms with E-state index in [1.807, 2.05) is 0 Å². The number of amides is 1. The SMILES string of the molecule is COc1ccc2c(c1)C(=O)C(NC(C)=O)C(O)=C(O)O2. The van der Waals surface area contributed by atoms with Crippen LogP contribution in [-0.4, -0.2) is 35.1 Å². The number of Topliss-reactive ketones (excluding diaryl/α,β-unsaturated/α-hetero) is 1. The van der Waals surface area contributed by atoms with Gasteiger partial charge in [0.05, 0.1) is 12.7 Å². The number of aliphatic hydroxyl groups is 2. The largest absolute Gasteiger partial charge is 0.504 e. The number of benzene rings is 1. The van der Waals surface area contributed by atoms with E-state index in [4.69, 9.17) is 9.47 Å². The zero-order valence-corrected chi connectivity index (χ0v) is 10.8. The third-order valence-corrected chi connectivity index (χ3v) is 2.76. The molecule has 7 heteroatoms. The monoisotopic (exact) mass is 279 g/mol. The summed E-state index contributed by atoms with van der Waals surface area (Å²) in [6.07, 6.45) is 0. The molecule has 0 fully saturated rings. The fourth-order valence-corrected chi connectivity index (χ4v) is 1.81. The lowest BCUT2D eigenvalue weighted by atomic mass is 10.0. The van der Waals surface area contributed by atoms with Crippen molar-refractivity contribution in [3.05, 3.63) is 35.5 Å². The highest BCUT2D eigenvalue weighted by Crippen LogP contribution is 2.30. The van der Waals surface area contributed by atoms with Crippen LogP contribution in [0.25, 0.3) is 0 Å². The molecule has 1 aromatic rings. The van der Waals surface area contributed by atoms with Gasteiger partial charge in [-0.3, -0.25) is 9.59 Å². The Kier molecular flexibility index (Phi) is 3.51. The summed E-state index contributed by atoms with van der Waals surface area (Å²) < 4.78 is 10.0. The van der Waals surface area contributed by atoms with Crippen LogP contribution >= 0.6 is 0 Å². The van der Waals surface area contributed by atoms with Crippen molar-refractivity contribution in [2.45, 2.75) is 13.0 Å². The molecule has 2 rings (SSSR count). The molecule has 1 aliphatic heterocycles. The minimum atomic E-state index is -1.40. The Morgan fingerprint density at radius 3 is 2.70 bits per heavy atom. The Hall–Kier alpha value is -2.70. The molecule has 0 saturated carbocycles. The maximum Gasteiger partial charge on any atom is 0.324 e. The van der Waals surface area contributed by atoms with Crippen LogP contribution in [0.5, 0.6) is 11.5 Å². The fourth-order valence-electron chi connectivity index (χ4n) is 1.81. The molecule has 1 amide bonds. The van der Waals surface area contributed by atoms with Gasteiger partial charge in [0, 0.05) is 6.92 Å². The van der Waals surface area contributed by atoms with Crippen molar-refractivity contribution < 1.29 is 29.3 Å². The lowest BCUT2D eigenvalue weighted by Crippen LogP contribution is -2.41. The van der Waals surface area contributed by atoms with E-state index in [1.54, 1.807) is 0 Å². The molecule has 106 valence electrons. The summed E-state index contributed by atoms with van der Waals surface area (Å²) in [5, 5.41) is 21.6. The molecule has 0 spiro atoms. The van der Waals surface area contributed by atoms with Gasteiger partial charge in [0.15, 0.2) is 11.8 Å². The van der Waals surface area contributed by atoms with E-state index < -0.39 is 29.4 Å². The van der Waals surface area contributed by atoms with Crippen LogP contribution in [0.1, 0.15) is 17.3 Å². The molecule has 0 aromatic heterocycles. The summed E-state index contributed by atoms with van der Waals surface area (Å²) in [6, 6.07) is 2.96. The van der Waals surface area contributed by atoms with E-state index in [0.29, 0.717) is 5.75 Å². The van der Waals surface area contributed by atoms with Gasteiger partial charge in [-0.1, -0.05) is 0 Å². The van der Waals surface area contributed by atoms with Crippen LogP contribution in [0.15, 0.2) is 29.9 Å². The van der Waals surface area contributed by atoms with E-state index in [1.165, 1.54) is 32.2 Å². The van der Waals surface area contributed by atoms with Crippen molar-refractivity contribution in [1.29, 1.82) is 0 Å². The van der Waals surface area contributed by atoms with Crippen molar-refractivity contribution in [1.82, 2.24) is 5.32 Å². The molecule has 20 heavy (non-hydrogen) atoms. The number of nitrogens with one attached hydrogen (secondary N) is 1. The molecule has 0 aliphatic carbocycles. The Labute approximate surface area is 114 Å². The fraction of sp³-hybridized carbons (Fsp3) is 0.231. The van der Waals surface area contributed by atoms with E-state index in [2.05, 4.69) is 5.32 Å². The summed E-state index contributed by atoms with van der Waals surface area (Å²) in [7, 11) is 1.43. The van der Waals surface area contributed by atoms with Gasteiger partial charge in [0.2, 0.25) is 11.7 Å². The topological polar surface area (TPSA) is 105 Å². The number of aliphatic hydroxyl groups excluding tert-OH is 2. The molecule has 1 unspecified atom stereocenters. The standard InChI is InChI=1S/C13H13NO6/c1-6(15)14-10-11(16)8-5-7(19-2)3-4-9(8)20-13(18)12(10)17/h3-5,10,17-18H,1-2H3,(H,14,15). The van der Waals surface area contributed by atoms with E-state index in [-0.39, 0.29) is 11.3 Å². The molecule has 1 heterocycles. The average molecular weight is 279 g/mol. The quantitative estimate of drug-likeness (QED) is 0.747. The number of rotatable bonds is 2. The average Bonchev–Trinajstić information content (AvgIpc) is 2.50. The number of ether oxygens (including phenoxy) is 2. The molecule has 1 aromatic carbocycles. The molecule has 0 bridgehead atoms. The van der Waals surface area contributed by atoms with Gasteiger partial charge >= 0.3 is 5.95 Å².